The van der Waals surface area contributed by atoms with E-state index in [2.05, 4.69) is 5.32 Å². The Balaban J connectivity index is 1.71. The van der Waals surface area contributed by atoms with Crippen molar-refractivity contribution >= 4 is 23.3 Å². The lowest BCUT2D eigenvalue weighted by Crippen LogP contribution is -2.26. The van der Waals surface area contributed by atoms with Gasteiger partial charge in [0, 0.05) is 17.0 Å². The van der Waals surface area contributed by atoms with Gasteiger partial charge >= 0.3 is 0 Å². The largest absolute Gasteiger partial charge is 0.494 e. The molecule has 0 aliphatic rings. The normalized spacial score (nSPS) is 11.6. The van der Waals surface area contributed by atoms with E-state index in [1.165, 1.54) is 6.92 Å². The lowest BCUT2D eigenvalue weighted by molar-refractivity contribution is -0.121. The molecule has 0 bridgehead atoms. The molecule has 2 aromatic rings. The van der Waals surface area contributed by atoms with Crippen molar-refractivity contribution in [3.05, 3.63) is 64.7 Å². The van der Waals surface area contributed by atoms with E-state index in [-0.39, 0.29) is 17.7 Å². The number of carbonyl (C=O) groups excluding carboxylic acids is 2. The van der Waals surface area contributed by atoms with Gasteiger partial charge in [0.2, 0.25) is 5.91 Å². The highest BCUT2D eigenvalue weighted by Crippen LogP contribution is 2.22. The van der Waals surface area contributed by atoms with Gasteiger partial charge in [0.15, 0.2) is 5.78 Å². The highest BCUT2D eigenvalue weighted by Gasteiger charge is 2.12. The van der Waals surface area contributed by atoms with Crippen LogP contribution >= 0.6 is 11.6 Å². The quantitative estimate of drug-likeness (QED) is 0.554. The van der Waals surface area contributed by atoms with Gasteiger partial charge in [-0.25, -0.2) is 0 Å². The predicted molar refractivity (Wildman–Crippen MR) is 99.2 cm³/mol. The van der Waals surface area contributed by atoms with E-state index >= 15 is 0 Å². The monoisotopic (exact) mass is 359 g/mol. The summed E-state index contributed by atoms with van der Waals surface area (Å²) < 4.78 is 5.59. The molecular weight excluding hydrogens is 338 g/mol. The number of hydrogen-bond donors (Lipinski definition) is 1. The summed E-state index contributed by atoms with van der Waals surface area (Å²) in [6, 6.07) is 14.3. The molecule has 5 heteroatoms. The Hall–Kier alpha value is -2.33. The second-order valence-electron chi connectivity index (χ2n) is 5.84. The van der Waals surface area contributed by atoms with Gasteiger partial charge in [0.25, 0.3) is 0 Å². The average Bonchev–Trinajstić information content (AvgIpc) is 2.59. The van der Waals surface area contributed by atoms with Crippen molar-refractivity contribution in [1.29, 1.82) is 0 Å². The summed E-state index contributed by atoms with van der Waals surface area (Å²) in [6.07, 6.45) is 0.982. The summed E-state index contributed by atoms with van der Waals surface area (Å²) in [7, 11) is 0. The van der Waals surface area contributed by atoms with Crippen molar-refractivity contribution in [2.45, 2.75) is 32.7 Å². The lowest BCUT2D eigenvalue weighted by Gasteiger charge is -2.15. The molecule has 132 valence electrons. The standard InChI is InChI=1S/C20H22ClNO3/c1-14(18-6-3-4-7-19(18)21)22-20(24)8-5-13-25-17-11-9-16(10-12-17)15(2)23/h3-4,6-7,9-12,14H,5,8,13H2,1-2H3,(H,22,24). The van der Waals surface area contributed by atoms with Crippen LogP contribution in [-0.4, -0.2) is 18.3 Å². The van der Waals surface area contributed by atoms with Crippen LogP contribution in [-0.2, 0) is 4.79 Å². The second-order valence-corrected chi connectivity index (χ2v) is 6.25. The maximum absolute atomic E-state index is 12.0. The maximum Gasteiger partial charge on any atom is 0.220 e. The molecule has 0 saturated heterocycles. The first-order valence-electron chi connectivity index (χ1n) is 8.25. The molecule has 1 N–H and O–H groups in total. The first-order valence-corrected chi connectivity index (χ1v) is 8.62. The molecule has 2 aromatic carbocycles. The zero-order valence-electron chi connectivity index (χ0n) is 14.4. The van der Waals surface area contributed by atoms with Gasteiger partial charge in [-0.2, -0.15) is 0 Å². The summed E-state index contributed by atoms with van der Waals surface area (Å²) in [4.78, 5) is 23.2. The van der Waals surface area contributed by atoms with Crippen LogP contribution in [0.1, 0.15) is 48.7 Å². The second kappa shape index (κ2) is 9.23. The van der Waals surface area contributed by atoms with Gasteiger partial charge in [0.05, 0.1) is 12.6 Å². The Kier molecular flexibility index (Phi) is 7.02. The Labute approximate surface area is 153 Å². The van der Waals surface area contributed by atoms with Gasteiger partial charge in [-0.1, -0.05) is 29.8 Å². The van der Waals surface area contributed by atoms with Crippen LogP contribution < -0.4 is 10.1 Å². The molecule has 0 aromatic heterocycles. The average molecular weight is 360 g/mol. The molecule has 0 aliphatic heterocycles. The maximum atomic E-state index is 12.0. The van der Waals surface area contributed by atoms with Gasteiger partial charge in [-0.15, -0.1) is 0 Å². The minimum atomic E-state index is -0.138. The molecule has 0 fully saturated rings. The molecule has 0 spiro atoms. The summed E-state index contributed by atoms with van der Waals surface area (Å²) in [5.74, 6) is 0.675. The fourth-order valence-corrected chi connectivity index (χ4v) is 2.73. The molecule has 0 saturated carbocycles. The number of amides is 1. The Morgan fingerprint density at radius 2 is 1.80 bits per heavy atom. The number of benzene rings is 2. The number of nitrogens with one attached hydrogen (secondary N) is 1. The molecule has 25 heavy (non-hydrogen) atoms. The van der Waals surface area contributed by atoms with Crippen molar-refractivity contribution in [1.82, 2.24) is 5.32 Å². The molecule has 1 amide bonds. The van der Waals surface area contributed by atoms with Crippen molar-refractivity contribution in [3.8, 4) is 5.75 Å². The van der Waals surface area contributed by atoms with Crippen molar-refractivity contribution in [2.75, 3.05) is 6.61 Å². The minimum Gasteiger partial charge on any atom is -0.494 e. The smallest absolute Gasteiger partial charge is 0.220 e. The number of rotatable bonds is 8. The number of hydrogen-bond acceptors (Lipinski definition) is 3. The summed E-state index contributed by atoms with van der Waals surface area (Å²) in [5, 5.41) is 3.59. The molecule has 1 unspecified atom stereocenters. The van der Waals surface area contributed by atoms with Gasteiger partial charge in [-0.05, 0) is 56.2 Å². The van der Waals surface area contributed by atoms with Crippen molar-refractivity contribution in [3.63, 3.8) is 0 Å². The first-order chi connectivity index (χ1) is 12.0. The van der Waals surface area contributed by atoms with E-state index in [1.54, 1.807) is 24.3 Å². The van der Waals surface area contributed by atoms with Crippen LogP contribution in [0.4, 0.5) is 0 Å². The summed E-state index contributed by atoms with van der Waals surface area (Å²) in [6.45, 7) is 3.87. The number of Topliss-reactive ketones (excluding diaryl/α,β-unsaturated/α-hetero) is 1. The molecule has 2 rings (SSSR count). The van der Waals surface area contributed by atoms with Crippen molar-refractivity contribution in [2.24, 2.45) is 0 Å². The lowest BCUT2D eigenvalue weighted by atomic mass is 10.1. The molecule has 0 radical (unpaired) electrons. The third-order valence-electron chi connectivity index (χ3n) is 3.83. The van der Waals surface area contributed by atoms with E-state index in [0.29, 0.717) is 35.8 Å². The SMILES string of the molecule is CC(=O)c1ccc(OCCCC(=O)NC(C)c2ccccc2Cl)cc1. The number of ketones is 1. The fourth-order valence-electron chi connectivity index (χ4n) is 2.43. The highest BCUT2D eigenvalue weighted by atomic mass is 35.5. The molecule has 4 nitrogen and oxygen atoms in total. The third-order valence-corrected chi connectivity index (χ3v) is 4.17. The van der Waals surface area contributed by atoms with E-state index in [9.17, 15) is 9.59 Å². The summed E-state index contributed by atoms with van der Waals surface area (Å²) >= 11 is 6.14. The van der Waals surface area contributed by atoms with E-state index in [1.807, 2.05) is 31.2 Å². The summed E-state index contributed by atoms with van der Waals surface area (Å²) in [5.41, 5.74) is 1.56. The van der Waals surface area contributed by atoms with Crippen LogP contribution in [0.2, 0.25) is 5.02 Å². The Morgan fingerprint density at radius 3 is 2.44 bits per heavy atom. The van der Waals surface area contributed by atoms with Crippen LogP contribution in [0, 0.1) is 0 Å². The van der Waals surface area contributed by atoms with E-state index in [4.69, 9.17) is 16.3 Å². The number of halogens is 1. The van der Waals surface area contributed by atoms with Gasteiger partial charge < -0.3 is 10.1 Å². The van der Waals surface area contributed by atoms with Crippen LogP contribution in [0.3, 0.4) is 0 Å². The third kappa shape index (κ3) is 5.91. The van der Waals surface area contributed by atoms with Crippen LogP contribution in [0.15, 0.2) is 48.5 Å². The fraction of sp³-hybridized carbons (Fsp3) is 0.300. The van der Waals surface area contributed by atoms with Crippen LogP contribution in [0.5, 0.6) is 5.75 Å². The predicted octanol–water partition coefficient (Wildman–Crippen LogP) is 4.58. The number of ether oxygens (including phenoxy) is 1. The molecule has 0 aliphatic carbocycles. The number of carbonyl (C=O) groups is 2. The first kappa shape index (κ1) is 19.0. The van der Waals surface area contributed by atoms with E-state index < -0.39 is 0 Å². The Morgan fingerprint density at radius 1 is 1.12 bits per heavy atom. The highest BCUT2D eigenvalue weighted by molar-refractivity contribution is 6.31. The van der Waals surface area contributed by atoms with Gasteiger partial charge in [0.1, 0.15) is 5.75 Å². The van der Waals surface area contributed by atoms with E-state index in [0.717, 1.165) is 5.56 Å². The van der Waals surface area contributed by atoms with Crippen molar-refractivity contribution < 1.29 is 14.3 Å². The van der Waals surface area contributed by atoms with Crippen LogP contribution in [0.25, 0.3) is 0 Å². The molecular formula is C20H22ClNO3. The van der Waals surface area contributed by atoms with Gasteiger partial charge in [-0.3, -0.25) is 9.59 Å². The zero-order valence-corrected chi connectivity index (χ0v) is 15.2. The minimum absolute atomic E-state index is 0.0239. The zero-order chi connectivity index (χ0) is 18.2. The Bertz CT molecular complexity index is 728. The molecule has 0 heterocycles. The molecule has 1 atom stereocenters. The topological polar surface area (TPSA) is 55.4 Å².